The van der Waals surface area contributed by atoms with Gasteiger partial charge in [-0.2, -0.15) is 0 Å². The van der Waals surface area contributed by atoms with Gasteiger partial charge in [-0.25, -0.2) is 0 Å². The smallest absolute Gasteiger partial charge is 0.239 e. The summed E-state index contributed by atoms with van der Waals surface area (Å²) in [4.78, 5) is 19.6. The van der Waals surface area contributed by atoms with Crippen LogP contribution in [0.5, 0.6) is 0 Å². The molecule has 3 rings (SSSR count). The van der Waals surface area contributed by atoms with Crippen LogP contribution in [0, 0.1) is 6.92 Å². The molecule has 2 heterocycles. The van der Waals surface area contributed by atoms with Crippen molar-refractivity contribution in [2.45, 2.75) is 45.9 Å². The van der Waals surface area contributed by atoms with E-state index in [4.69, 9.17) is 16.3 Å². The number of rotatable bonds is 3. The highest BCUT2D eigenvalue weighted by Gasteiger charge is 2.32. The molecular weight excluding hydrogens is 350 g/mol. The summed E-state index contributed by atoms with van der Waals surface area (Å²) in [6.07, 6.45) is 0.218. The Bertz CT molecular complexity index is 636. The average Bonchev–Trinajstić information content (AvgIpc) is 2.62. The number of nitrogens with zero attached hydrogens (tertiary/aromatic N) is 3. The number of hydrogen-bond acceptors (Lipinski definition) is 4. The van der Waals surface area contributed by atoms with Crippen LogP contribution >= 0.6 is 11.6 Å². The van der Waals surface area contributed by atoms with Gasteiger partial charge in [-0.1, -0.05) is 17.7 Å². The Hall–Kier alpha value is -1.30. The standard InChI is InChI=1S/C20H30ClN3O2/c1-14-5-6-18(21)11-19(14)23-9-7-22(8-10-23)17(4)20(25)24-12-15(2)26-16(3)13-24/h5-6,11,15-17H,7-10,12-13H2,1-4H3/t15-,16-,17+/m0/s1. The third kappa shape index (κ3) is 4.33. The number of halogens is 1. The predicted molar refractivity (Wildman–Crippen MR) is 106 cm³/mol. The molecule has 2 fully saturated rings. The molecule has 3 atom stereocenters. The van der Waals surface area contributed by atoms with Gasteiger partial charge in [-0.15, -0.1) is 0 Å². The van der Waals surface area contributed by atoms with Crippen molar-refractivity contribution in [2.75, 3.05) is 44.2 Å². The van der Waals surface area contributed by atoms with Crippen molar-refractivity contribution in [3.05, 3.63) is 28.8 Å². The number of anilines is 1. The molecule has 26 heavy (non-hydrogen) atoms. The third-order valence-corrected chi connectivity index (χ3v) is 5.70. The van der Waals surface area contributed by atoms with Crippen molar-refractivity contribution in [3.8, 4) is 0 Å². The molecule has 1 amide bonds. The number of aryl methyl sites for hydroxylation is 1. The first-order chi connectivity index (χ1) is 12.3. The SMILES string of the molecule is Cc1ccc(Cl)cc1N1CCN([C@H](C)C(=O)N2C[C@H](C)O[C@@H](C)C2)CC1. The molecule has 0 N–H and O–H groups in total. The number of amides is 1. The van der Waals surface area contributed by atoms with E-state index < -0.39 is 0 Å². The lowest BCUT2D eigenvalue weighted by molar-refractivity contribution is -0.148. The molecule has 2 aliphatic heterocycles. The number of morpholine rings is 1. The summed E-state index contributed by atoms with van der Waals surface area (Å²) in [5, 5.41) is 0.770. The number of benzene rings is 1. The van der Waals surface area contributed by atoms with Crippen LogP contribution in [0.4, 0.5) is 5.69 Å². The normalized spacial score (nSPS) is 26.0. The van der Waals surface area contributed by atoms with Gasteiger partial charge < -0.3 is 14.5 Å². The number of carbonyl (C=O) groups excluding carboxylic acids is 1. The predicted octanol–water partition coefficient (Wildman–Crippen LogP) is 2.79. The van der Waals surface area contributed by atoms with Gasteiger partial charge in [0.15, 0.2) is 0 Å². The number of piperazine rings is 1. The van der Waals surface area contributed by atoms with Crippen molar-refractivity contribution >= 4 is 23.2 Å². The van der Waals surface area contributed by atoms with Crippen molar-refractivity contribution in [1.82, 2.24) is 9.80 Å². The van der Waals surface area contributed by atoms with Crippen LogP contribution in [0.2, 0.25) is 5.02 Å². The second-order valence-corrected chi connectivity index (χ2v) is 8.07. The second-order valence-electron chi connectivity index (χ2n) is 7.63. The van der Waals surface area contributed by atoms with Gasteiger partial charge in [0.05, 0.1) is 18.2 Å². The minimum absolute atomic E-state index is 0.0879. The Morgan fingerprint density at radius 3 is 2.38 bits per heavy atom. The largest absolute Gasteiger partial charge is 0.372 e. The fourth-order valence-corrected chi connectivity index (χ4v) is 4.22. The molecule has 0 aliphatic carbocycles. The van der Waals surface area contributed by atoms with Gasteiger partial charge in [0, 0.05) is 50.0 Å². The van der Waals surface area contributed by atoms with Gasteiger partial charge in [0.25, 0.3) is 0 Å². The molecule has 1 aromatic carbocycles. The van der Waals surface area contributed by atoms with E-state index in [1.54, 1.807) is 0 Å². The maximum absolute atomic E-state index is 12.9. The molecule has 0 bridgehead atoms. The van der Waals surface area contributed by atoms with Gasteiger partial charge in [0.2, 0.25) is 5.91 Å². The summed E-state index contributed by atoms with van der Waals surface area (Å²) in [6, 6.07) is 5.95. The van der Waals surface area contributed by atoms with Crippen LogP contribution in [0.3, 0.4) is 0 Å². The van der Waals surface area contributed by atoms with E-state index in [0.29, 0.717) is 13.1 Å². The Morgan fingerprint density at radius 1 is 1.15 bits per heavy atom. The summed E-state index contributed by atoms with van der Waals surface area (Å²) in [6.45, 7) is 13.2. The summed E-state index contributed by atoms with van der Waals surface area (Å²) in [5.41, 5.74) is 2.44. The van der Waals surface area contributed by atoms with E-state index in [1.807, 2.05) is 37.8 Å². The lowest BCUT2D eigenvalue weighted by Gasteiger charge is -2.42. The van der Waals surface area contributed by atoms with Crippen LogP contribution in [0.1, 0.15) is 26.3 Å². The molecular formula is C20H30ClN3O2. The van der Waals surface area contributed by atoms with Crippen LogP contribution < -0.4 is 4.90 Å². The third-order valence-electron chi connectivity index (χ3n) is 5.46. The fourth-order valence-electron chi connectivity index (χ4n) is 4.05. The molecule has 0 radical (unpaired) electrons. The molecule has 0 unspecified atom stereocenters. The Balaban J connectivity index is 1.58. The highest BCUT2D eigenvalue weighted by molar-refractivity contribution is 6.30. The van der Waals surface area contributed by atoms with Crippen LogP contribution in [0.15, 0.2) is 18.2 Å². The van der Waals surface area contributed by atoms with Gasteiger partial charge >= 0.3 is 0 Å². The van der Waals surface area contributed by atoms with E-state index in [-0.39, 0.29) is 24.2 Å². The molecule has 6 heteroatoms. The molecule has 2 saturated heterocycles. The molecule has 0 saturated carbocycles. The Labute approximate surface area is 161 Å². The van der Waals surface area contributed by atoms with Crippen LogP contribution in [-0.4, -0.2) is 73.2 Å². The van der Waals surface area contributed by atoms with E-state index in [0.717, 1.165) is 31.2 Å². The highest BCUT2D eigenvalue weighted by Crippen LogP contribution is 2.26. The number of ether oxygens (including phenoxy) is 1. The first-order valence-electron chi connectivity index (χ1n) is 9.54. The van der Waals surface area contributed by atoms with Crippen LogP contribution in [-0.2, 0) is 9.53 Å². The zero-order valence-electron chi connectivity index (χ0n) is 16.2. The van der Waals surface area contributed by atoms with E-state index in [2.05, 4.69) is 22.8 Å². The fraction of sp³-hybridized carbons (Fsp3) is 0.650. The van der Waals surface area contributed by atoms with Crippen molar-refractivity contribution < 1.29 is 9.53 Å². The van der Waals surface area contributed by atoms with Crippen LogP contribution in [0.25, 0.3) is 0 Å². The van der Waals surface area contributed by atoms with Gasteiger partial charge in [0.1, 0.15) is 0 Å². The quantitative estimate of drug-likeness (QED) is 0.809. The van der Waals surface area contributed by atoms with Gasteiger partial charge in [-0.3, -0.25) is 9.69 Å². The van der Waals surface area contributed by atoms with Gasteiger partial charge in [-0.05, 0) is 45.4 Å². The minimum Gasteiger partial charge on any atom is -0.372 e. The first-order valence-corrected chi connectivity index (χ1v) is 9.92. The highest BCUT2D eigenvalue weighted by atomic mass is 35.5. The zero-order valence-corrected chi connectivity index (χ0v) is 17.0. The average molecular weight is 380 g/mol. The van der Waals surface area contributed by atoms with Crippen molar-refractivity contribution in [3.63, 3.8) is 0 Å². The van der Waals surface area contributed by atoms with E-state index in [9.17, 15) is 4.79 Å². The lowest BCUT2D eigenvalue weighted by atomic mass is 10.1. The number of carbonyl (C=O) groups is 1. The maximum atomic E-state index is 12.9. The molecule has 0 spiro atoms. The molecule has 2 aliphatic rings. The summed E-state index contributed by atoms with van der Waals surface area (Å²) < 4.78 is 5.75. The monoisotopic (exact) mass is 379 g/mol. The summed E-state index contributed by atoms with van der Waals surface area (Å²) >= 11 is 6.17. The molecule has 144 valence electrons. The maximum Gasteiger partial charge on any atom is 0.239 e. The zero-order chi connectivity index (χ0) is 18.8. The summed E-state index contributed by atoms with van der Waals surface area (Å²) in [7, 11) is 0. The van der Waals surface area contributed by atoms with E-state index >= 15 is 0 Å². The summed E-state index contributed by atoms with van der Waals surface area (Å²) in [5.74, 6) is 0.222. The Morgan fingerprint density at radius 2 is 1.77 bits per heavy atom. The second kappa shape index (κ2) is 8.15. The van der Waals surface area contributed by atoms with E-state index in [1.165, 1.54) is 11.3 Å². The molecule has 0 aromatic heterocycles. The molecule has 5 nitrogen and oxygen atoms in total. The Kier molecular flexibility index (Phi) is 6.10. The minimum atomic E-state index is -0.0879. The van der Waals surface area contributed by atoms with Crippen molar-refractivity contribution in [2.24, 2.45) is 0 Å². The first kappa shape index (κ1) is 19.5. The number of hydrogen-bond donors (Lipinski definition) is 0. The van der Waals surface area contributed by atoms with Crippen molar-refractivity contribution in [1.29, 1.82) is 0 Å². The topological polar surface area (TPSA) is 36.0 Å². The molecule has 1 aromatic rings. The lowest BCUT2D eigenvalue weighted by Crippen LogP contribution is -2.57.